The highest BCUT2D eigenvalue weighted by molar-refractivity contribution is 9.10. The Hall–Kier alpha value is -2.03. The number of likely N-dealkylation sites (tertiary alicyclic amines) is 1. The summed E-state index contributed by atoms with van der Waals surface area (Å²) in [6.07, 6.45) is 3.94. The first-order valence-electron chi connectivity index (χ1n) is 11.6. The van der Waals surface area contributed by atoms with Gasteiger partial charge in [0.2, 0.25) is 5.91 Å². The summed E-state index contributed by atoms with van der Waals surface area (Å²) < 4.78 is 2.61. The van der Waals surface area contributed by atoms with Crippen molar-refractivity contribution in [1.82, 2.24) is 14.5 Å². The molecule has 0 unspecified atom stereocenters. The molecule has 0 spiro atoms. The normalized spacial score (nSPS) is 16.0. The molecule has 1 saturated heterocycles. The number of thioether (sulfide) groups is 2. The number of aryl methyl sites for hydroxylation is 1. The Kier molecular flexibility index (Phi) is 7.46. The van der Waals surface area contributed by atoms with Gasteiger partial charge in [-0.2, -0.15) is 0 Å². The van der Waals surface area contributed by atoms with E-state index >= 15 is 0 Å². The molecule has 0 bridgehead atoms. The van der Waals surface area contributed by atoms with Gasteiger partial charge in [-0.05, 0) is 55.0 Å². The molecule has 3 heterocycles. The standard InChI is InChI=1S/C26H26BrN3O2S2/c27-20-6-8-21(9-7-20)30-25(32)24-22(12-15-33-24)28-26(30)34-17-23(31)29-13-10-19(11-14-29)16-18-4-2-1-3-5-18/h1-9,19H,10-17H2. The van der Waals surface area contributed by atoms with Crippen molar-refractivity contribution in [2.45, 2.75) is 35.7 Å². The Morgan fingerprint density at radius 3 is 2.56 bits per heavy atom. The van der Waals surface area contributed by atoms with E-state index in [0.717, 1.165) is 65.3 Å². The fraction of sp³-hybridized carbons (Fsp3) is 0.346. The Morgan fingerprint density at radius 2 is 1.82 bits per heavy atom. The molecule has 8 heteroatoms. The number of halogens is 1. The van der Waals surface area contributed by atoms with E-state index < -0.39 is 0 Å². The highest BCUT2D eigenvalue weighted by Gasteiger charge is 2.26. The van der Waals surface area contributed by atoms with Crippen molar-refractivity contribution in [1.29, 1.82) is 0 Å². The molecule has 0 radical (unpaired) electrons. The Labute approximate surface area is 216 Å². The molecule has 2 aliphatic rings. The van der Waals surface area contributed by atoms with Crippen LogP contribution in [0.15, 0.2) is 73.9 Å². The average molecular weight is 557 g/mol. The van der Waals surface area contributed by atoms with Crippen LogP contribution in [0.4, 0.5) is 0 Å². The molecule has 5 rings (SSSR count). The lowest BCUT2D eigenvalue weighted by Gasteiger charge is -2.32. The van der Waals surface area contributed by atoms with E-state index in [4.69, 9.17) is 4.98 Å². The van der Waals surface area contributed by atoms with Gasteiger partial charge in [0.15, 0.2) is 5.16 Å². The fourth-order valence-electron chi connectivity index (χ4n) is 4.56. The predicted octanol–water partition coefficient (Wildman–Crippen LogP) is 5.22. The first-order chi connectivity index (χ1) is 16.6. The lowest BCUT2D eigenvalue weighted by Crippen LogP contribution is -2.40. The van der Waals surface area contributed by atoms with Gasteiger partial charge in [-0.3, -0.25) is 14.2 Å². The molecular formula is C26H26BrN3O2S2. The molecule has 1 amide bonds. The minimum atomic E-state index is -0.0357. The maximum atomic E-state index is 13.3. The van der Waals surface area contributed by atoms with Crippen molar-refractivity contribution in [2.75, 3.05) is 24.6 Å². The van der Waals surface area contributed by atoms with Gasteiger partial charge in [-0.25, -0.2) is 4.98 Å². The SMILES string of the molecule is O=C(CSc1nc2c(c(=O)n1-c1ccc(Br)cc1)SCC2)N1CCC(Cc2ccccc2)CC1. The van der Waals surface area contributed by atoms with Crippen LogP contribution in [0.3, 0.4) is 0 Å². The lowest BCUT2D eigenvalue weighted by molar-refractivity contribution is -0.129. The molecule has 2 aromatic carbocycles. The van der Waals surface area contributed by atoms with Crippen LogP contribution in [-0.2, 0) is 17.6 Å². The Bertz CT molecular complexity index is 1220. The highest BCUT2D eigenvalue weighted by atomic mass is 79.9. The number of piperidine rings is 1. The van der Waals surface area contributed by atoms with Gasteiger partial charge in [0.25, 0.3) is 5.56 Å². The highest BCUT2D eigenvalue weighted by Crippen LogP contribution is 2.30. The second kappa shape index (κ2) is 10.7. The van der Waals surface area contributed by atoms with E-state index in [0.29, 0.717) is 11.1 Å². The number of rotatable bonds is 6. The maximum absolute atomic E-state index is 13.3. The monoisotopic (exact) mass is 555 g/mol. The Morgan fingerprint density at radius 1 is 1.09 bits per heavy atom. The third-order valence-corrected chi connectivity index (χ3v) is 8.97. The second-order valence-corrected chi connectivity index (χ2v) is 11.7. The van der Waals surface area contributed by atoms with Crippen LogP contribution in [0, 0.1) is 5.92 Å². The first-order valence-corrected chi connectivity index (χ1v) is 14.3. The van der Waals surface area contributed by atoms with Crippen LogP contribution >= 0.6 is 39.5 Å². The third-order valence-electron chi connectivity index (χ3n) is 6.41. The first kappa shape index (κ1) is 23.7. The molecule has 1 aromatic heterocycles. The minimum absolute atomic E-state index is 0.0357. The number of amides is 1. The largest absolute Gasteiger partial charge is 0.342 e. The van der Waals surface area contributed by atoms with E-state index in [1.54, 1.807) is 16.3 Å². The summed E-state index contributed by atoms with van der Waals surface area (Å²) in [5.41, 5.74) is 2.97. The number of fused-ring (bicyclic) bond motifs is 1. The smallest absolute Gasteiger partial charge is 0.272 e. The van der Waals surface area contributed by atoms with E-state index in [2.05, 4.69) is 40.2 Å². The molecule has 3 aromatic rings. The van der Waals surface area contributed by atoms with Crippen LogP contribution in [0.5, 0.6) is 0 Å². The second-order valence-electron chi connectivity index (χ2n) is 8.69. The minimum Gasteiger partial charge on any atom is -0.342 e. The van der Waals surface area contributed by atoms with Crippen molar-refractivity contribution in [3.8, 4) is 5.69 Å². The zero-order chi connectivity index (χ0) is 23.5. The molecule has 176 valence electrons. The third kappa shape index (κ3) is 5.29. The zero-order valence-corrected chi connectivity index (χ0v) is 22.0. The van der Waals surface area contributed by atoms with Gasteiger partial charge in [-0.15, -0.1) is 11.8 Å². The van der Waals surface area contributed by atoms with Gasteiger partial charge in [0, 0.05) is 29.7 Å². The van der Waals surface area contributed by atoms with Crippen LogP contribution < -0.4 is 5.56 Å². The maximum Gasteiger partial charge on any atom is 0.272 e. The molecule has 0 N–H and O–H groups in total. The summed E-state index contributed by atoms with van der Waals surface area (Å²) >= 11 is 6.40. The van der Waals surface area contributed by atoms with Crippen molar-refractivity contribution >= 4 is 45.4 Å². The van der Waals surface area contributed by atoms with Crippen molar-refractivity contribution < 1.29 is 4.79 Å². The number of hydrogen-bond acceptors (Lipinski definition) is 5. The number of hydrogen-bond donors (Lipinski definition) is 0. The van der Waals surface area contributed by atoms with Crippen LogP contribution in [0.25, 0.3) is 5.69 Å². The van der Waals surface area contributed by atoms with E-state index in [1.807, 2.05) is 35.2 Å². The van der Waals surface area contributed by atoms with Crippen LogP contribution in [-0.4, -0.2) is 45.0 Å². The van der Waals surface area contributed by atoms with Gasteiger partial charge < -0.3 is 4.90 Å². The van der Waals surface area contributed by atoms with Crippen LogP contribution in [0.2, 0.25) is 0 Å². The molecular weight excluding hydrogens is 530 g/mol. The number of nitrogens with zero attached hydrogens (tertiary/aromatic N) is 3. The summed E-state index contributed by atoms with van der Waals surface area (Å²) in [4.78, 5) is 33.8. The summed E-state index contributed by atoms with van der Waals surface area (Å²) in [6, 6.07) is 18.2. The van der Waals surface area contributed by atoms with Crippen molar-refractivity contribution in [2.24, 2.45) is 5.92 Å². The molecule has 0 saturated carbocycles. The molecule has 0 atom stereocenters. The topological polar surface area (TPSA) is 55.2 Å². The lowest BCUT2D eigenvalue weighted by atomic mass is 9.90. The zero-order valence-electron chi connectivity index (χ0n) is 18.8. The van der Waals surface area contributed by atoms with Crippen molar-refractivity contribution in [3.63, 3.8) is 0 Å². The number of aromatic nitrogens is 2. The van der Waals surface area contributed by atoms with Gasteiger partial charge in [0.1, 0.15) is 0 Å². The predicted molar refractivity (Wildman–Crippen MR) is 142 cm³/mol. The Balaban J connectivity index is 1.26. The number of benzene rings is 2. The van der Waals surface area contributed by atoms with E-state index in [1.165, 1.54) is 17.3 Å². The summed E-state index contributed by atoms with van der Waals surface area (Å²) in [7, 11) is 0. The quantitative estimate of drug-likeness (QED) is 0.308. The molecule has 1 fully saturated rings. The fourth-order valence-corrected chi connectivity index (χ4v) is 6.78. The molecule has 0 aliphatic carbocycles. The molecule has 2 aliphatic heterocycles. The number of carbonyl (C=O) groups excluding carboxylic acids is 1. The molecule has 34 heavy (non-hydrogen) atoms. The van der Waals surface area contributed by atoms with Gasteiger partial charge in [-0.1, -0.05) is 58.0 Å². The molecule has 5 nitrogen and oxygen atoms in total. The average Bonchev–Trinajstić information content (AvgIpc) is 3.34. The van der Waals surface area contributed by atoms with Gasteiger partial charge >= 0.3 is 0 Å². The summed E-state index contributed by atoms with van der Waals surface area (Å²) in [5, 5.41) is 0.598. The number of carbonyl (C=O) groups is 1. The van der Waals surface area contributed by atoms with E-state index in [-0.39, 0.29) is 17.2 Å². The van der Waals surface area contributed by atoms with Crippen molar-refractivity contribution in [3.05, 3.63) is 80.7 Å². The van der Waals surface area contributed by atoms with E-state index in [9.17, 15) is 9.59 Å². The van der Waals surface area contributed by atoms with Crippen LogP contribution in [0.1, 0.15) is 24.1 Å². The van der Waals surface area contributed by atoms with Gasteiger partial charge in [0.05, 0.1) is 22.0 Å². The summed E-state index contributed by atoms with van der Waals surface area (Å²) in [6.45, 7) is 1.59. The summed E-state index contributed by atoms with van der Waals surface area (Å²) in [5.74, 6) is 1.91.